The minimum absolute atomic E-state index is 0.0471. The molecule has 5 heteroatoms. The molecule has 2 heterocycles. The van der Waals surface area contributed by atoms with E-state index in [1.54, 1.807) is 19.1 Å². The molecule has 2 aliphatic heterocycles. The molecule has 1 aromatic carbocycles. The lowest BCUT2D eigenvalue weighted by Gasteiger charge is -2.24. The molecule has 0 N–H and O–H groups in total. The molecule has 0 unspecified atom stereocenters. The molecule has 118 valence electrons. The van der Waals surface area contributed by atoms with Crippen LogP contribution in [0.5, 0.6) is 5.75 Å². The van der Waals surface area contributed by atoms with Crippen LogP contribution in [-0.2, 0) is 15.0 Å². The van der Waals surface area contributed by atoms with Crippen molar-refractivity contribution in [2.24, 2.45) is 5.92 Å². The Kier molecular flexibility index (Phi) is 3.38. The second-order valence-electron chi connectivity index (χ2n) is 6.49. The van der Waals surface area contributed by atoms with E-state index in [1.807, 2.05) is 36.9 Å². The zero-order chi connectivity index (χ0) is 16.1. The predicted octanol–water partition coefficient (Wildman–Crippen LogP) is 1.80. The Morgan fingerprint density at radius 2 is 2.09 bits per heavy atom. The number of ether oxygens (including phenoxy) is 1. The van der Waals surface area contributed by atoms with E-state index in [0.29, 0.717) is 19.5 Å². The first kappa shape index (κ1) is 14.9. The average Bonchev–Trinajstić information content (AvgIpc) is 3.05. The normalized spacial score (nSPS) is 23.6. The van der Waals surface area contributed by atoms with E-state index in [9.17, 15) is 9.59 Å². The van der Waals surface area contributed by atoms with Crippen molar-refractivity contribution < 1.29 is 14.3 Å². The summed E-state index contributed by atoms with van der Waals surface area (Å²) in [5.41, 5.74) is 1.30. The number of nitrogens with zero attached hydrogens (tertiary/aromatic N) is 2. The highest BCUT2D eigenvalue weighted by Gasteiger charge is 2.54. The summed E-state index contributed by atoms with van der Waals surface area (Å²) in [5.74, 6) is 0.891. The van der Waals surface area contributed by atoms with Gasteiger partial charge in [-0.3, -0.25) is 9.59 Å². The Morgan fingerprint density at radius 3 is 2.73 bits per heavy atom. The van der Waals surface area contributed by atoms with Crippen molar-refractivity contribution in [1.82, 2.24) is 4.90 Å². The van der Waals surface area contributed by atoms with Gasteiger partial charge in [0.25, 0.3) is 0 Å². The zero-order valence-electron chi connectivity index (χ0n) is 13.5. The third kappa shape index (κ3) is 1.91. The number of amides is 2. The van der Waals surface area contributed by atoms with Crippen molar-refractivity contribution in [2.75, 3.05) is 32.1 Å². The molecule has 5 nitrogen and oxygen atoms in total. The maximum atomic E-state index is 12.9. The first-order chi connectivity index (χ1) is 10.4. The highest BCUT2D eigenvalue weighted by Crippen LogP contribution is 2.48. The first-order valence-corrected chi connectivity index (χ1v) is 7.66. The van der Waals surface area contributed by atoms with Gasteiger partial charge in [-0.05, 0) is 30.2 Å². The third-order valence-electron chi connectivity index (χ3n) is 4.87. The highest BCUT2D eigenvalue weighted by molar-refractivity contribution is 6.08. The van der Waals surface area contributed by atoms with E-state index in [1.165, 1.54) is 0 Å². The summed E-state index contributed by atoms with van der Waals surface area (Å²) in [7, 11) is 3.42. The molecule has 0 bridgehead atoms. The van der Waals surface area contributed by atoms with E-state index >= 15 is 0 Å². The number of carbonyl (C=O) groups is 2. The molecule has 2 aliphatic rings. The van der Waals surface area contributed by atoms with Crippen LogP contribution in [0.4, 0.5) is 5.69 Å². The molecule has 0 aromatic heterocycles. The van der Waals surface area contributed by atoms with Gasteiger partial charge in [0.05, 0.1) is 12.5 Å². The topological polar surface area (TPSA) is 49.9 Å². The van der Waals surface area contributed by atoms with Crippen molar-refractivity contribution in [3.05, 3.63) is 23.8 Å². The van der Waals surface area contributed by atoms with E-state index in [-0.39, 0.29) is 17.7 Å². The number of likely N-dealkylation sites (tertiary alicyclic amines) is 1. The van der Waals surface area contributed by atoms with E-state index < -0.39 is 5.41 Å². The maximum absolute atomic E-state index is 12.9. The minimum Gasteiger partial charge on any atom is -0.497 e. The Balaban J connectivity index is 2.02. The molecular weight excluding hydrogens is 280 g/mol. The fourth-order valence-corrected chi connectivity index (χ4v) is 3.62. The fraction of sp³-hybridized carbons (Fsp3) is 0.529. The molecular formula is C17H22N2O3. The van der Waals surface area contributed by atoms with Gasteiger partial charge in [-0.1, -0.05) is 13.8 Å². The summed E-state index contributed by atoms with van der Waals surface area (Å²) in [4.78, 5) is 28.7. The molecule has 1 atom stereocenters. The standard InChI is InChI=1S/C17H22N2O3/c1-11(2)15(20)19-8-7-17(10-19)13-9-12(22-4)5-6-14(13)18(3)16(17)21/h5-6,9,11H,7-8,10H2,1-4H3/t17-/m1/s1. The lowest BCUT2D eigenvalue weighted by Crippen LogP contribution is -2.42. The summed E-state index contributed by atoms with van der Waals surface area (Å²) < 4.78 is 5.31. The predicted molar refractivity (Wildman–Crippen MR) is 84.1 cm³/mol. The van der Waals surface area contributed by atoms with Crippen LogP contribution < -0.4 is 9.64 Å². The van der Waals surface area contributed by atoms with Gasteiger partial charge in [0.15, 0.2) is 0 Å². The molecule has 1 aromatic rings. The van der Waals surface area contributed by atoms with E-state index in [4.69, 9.17) is 4.74 Å². The van der Waals surface area contributed by atoms with Crippen LogP contribution in [-0.4, -0.2) is 44.0 Å². The Hall–Kier alpha value is -2.04. The van der Waals surface area contributed by atoms with Gasteiger partial charge in [-0.2, -0.15) is 0 Å². The summed E-state index contributed by atoms with van der Waals surface area (Å²) in [6.07, 6.45) is 0.675. The van der Waals surface area contributed by atoms with Gasteiger partial charge in [-0.25, -0.2) is 0 Å². The Labute approximate surface area is 130 Å². The largest absolute Gasteiger partial charge is 0.497 e. The second kappa shape index (κ2) is 5.00. The van der Waals surface area contributed by atoms with Crippen LogP contribution in [0.25, 0.3) is 0 Å². The van der Waals surface area contributed by atoms with Crippen molar-refractivity contribution in [3.8, 4) is 5.75 Å². The number of anilines is 1. The van der Waals surface area contributed by atoms with Crippen LogP contribution in [0.15, 0.2) is 18.2 Å². The number of likely N-dealkylation sites (N-methyl/N-ethyl adjacent to an activating group) is 1. The number of hydrogen-bond acceptors (Lipinski definition) is 3. The van der Waals surface area contributed by atoms with Crippen LogP contribution in [0.3, 0.4) is 0 Å². The highest BCUT2D eigenvalue weighted by atomic mass is 16.5. The summed E-state index contributed by atoms with van der Waals surface area (Å²) in [6.45, 7) is 4.89. The number of methoxy groups -OCH3 is 1. The van der Waals surface area contributed by atoms with Crippen LogP contribution >= 0.6 is 0 Å². The number of fused-ring (bicyclic) bond motifs is 2. The smallest absolute Gasteiger partial charge is 0.239 e. The zero-order valence-corrected chi connectivity index (χ0v) is 13.5. The molecule has 2 amide bonds. The van der Waals surface area contributed by atoms with Gasteiger partial charge in [-0.15, -0.1) is 0 Å². The average molecular weight is 302 g/mol. The number of hydrogen-bond donors (Lipinski definition) is 0. The Morgan fingerprint density at radius 1 is 1.36 bits per heavy atom. The van der Waals surface area contributed by atoms with Gasteiger partial charge in [0, 0.05) is 31.7 Å². The lowest BCUT2D eigenvalue weighted by atomic mass is 9.81. The number of rotatable bonds is 2. The quantitative estimate of drug-likeness (QED) is 0.837. The summed E-state index contributed by atoms with van der Waals surface area (Å²) in [6, 6.07) is 5.74. The van der Waals surface area contributed by atoms with Crippen LogP contribution in [0, 0.1) is 5.92 Å². The van der Waals surface area contributed by atoms with Crippen molar-refractivity contribution >= 4 is 17.5 Å². The van der Waals surface area contributed by atoms with Crippen molar-refractivity contribution in [2.45, 2.75) is 25.7 Å². The molecule has 1 fully saturated rings. The number of benzene rings is 1. The van der Waals surface area contributed by atoms with E-state index in [2.05, 4.69) is 0 Å². The second-order valence-corrected chi connectivity index (χ2v) is 6.49. The van der Waals surface area contributed by atoms with Gasteiger partial charge < -0.3 is 14.5 Å². The minimum atomic E-state index is -0.608. The molecule has 3 rings (SSSR count). The molecule has 22 heavy (non-hydrogen) atoms. The molecule has 1 spiro atoms. The van der Waals surface area contributed by atoms with Gasteiger partial charge in [0.2, 0.25) is 11.8 Å². The van der Waals surface area contributed by atoms with Crippen molar-refractivity contribution in [3.63, 3.8) is 0 Å². The molecule has 1 saturated heterocycles. The van der Waals surface area contributed by atoms with Crippen LogP contribution in [0.1, 0.15) is 25.8 Å². The van der Waals surface area contributed by atoms with Gasteiger partial charge >= 0.3 is 0 Å². The SMILES string of the molecule is COc1ccc2c(c1)[C@]1(CCN(C(=O)C(C)C)C1)C(=O)N2C. The van der Waals surface area contributed by atoms with Crippen molar-refractivity contribution in [1.29, 1.82) is 0 Å². The van der Waals surface area contributed by atoms with Gasteiger partial charge in [0.1, 0.15) is 5.75 Å². The Bertz CT molecular complexity index is 641. The number of carbonyl (C=O) groups excluding carboxylic acids is 2. The maximum Gasteiger partial charge on any atom is 0.239 e. The molecule has 0 radical (unpaired) electrons. The van der Waals surface area contributed by atoms with Crippen LogP contribution in [0.2, 0.25) is 0 Å². The third-order valence-corrected chi connectivity index (χ3v) is 4.87. The summed E-state index contributed by atoms with van der Waals surface area (Å²) in [5, 5.41) is 0. The molecule has 0 saturated carbocycles. The summed E-state index contributed by atoms with van der Waals surface area (Å²) >= 11 is 0. The van der Waals surface area contributed by atoms with E-state index in [0.717, 1.165) is 17.0 Å². The first-order valence-electron chi connectivity index (χ1n) is 7.66. The monoisotopic (exact) mass is 302 g/mol. The lowest BCUT2D eigenvalue weighted by molar-refractivity contribution is -0.133. The molecule has 0 aliphatic carbocycles. The fourth-order valence-electron chi connectivity index (χ4n) is 3.62.